The number of nitrogens with two attached hydrogens (primary N) is 2. The third-order valence-corrected chi connectivity index (χ3v) is 8.37. The fourth-order valence-electron chi connectivity index (χ4n) is 3.43. The summed E-state index contributed by atoms with van der Waals surface area (Å²) in [5, 5.41) is 2.29. The van der Waals surface area contributed by atoms with Gasteiger partial charge < -0.3 is 11.5 Å². The molecule has 0 atom stereocenters. The van der Waals surface area contributed by atoms with E-state index in [9.17, 15) is 0 Å². The van der Waals surface area contributed by atoms with Gasteiger partial charge in [-0.15, -0.1) is 0 Å². The highest BCUT2D eigenvalue weighted by molar-refractivity contribution is 7.13. The van der Waals surface area contributed by atoms with E-state index in [1.54, 1.807) is 0 Å². The molecule has 0 aliphatic heterocycles. The minimum absolute atomic E-state index is 0.698. The van der Waals surface area contributed by atoms with Crippen LogP contribution in [0.2, 0.25) is 0 Å². The number of rotatable bonds is 2. The molecule has 0 amide bonds. The van der Waals surface area contributed by atoms with Crippen molar-refractivity contribution in [1.82, 2.24) is 0 Å². The molecule has 2 nitrogen and oxygen atoms in total. The van der Waals surface area contributed by atoms with Crippen LogP contribution in [0.3, 0.4) is 0 Å². The third kappa shape index (κ3) is 4.70. The molecule has 0 spiro atoms. The van der Waals surface area contributed by atoms with Crippen LogP contribution in [0, 0.1) is 22.9 Å². The highest BCUT2D eigenvalue weighted by Crippen LogP contribution is 2.10. The molecule has 0 bridgehead atoms. The van der Waals surface area contributed by atoms with E-state index in [-0.39, 0.29) is 0 Å². The summed E-state index contributed by atoms with van der Waals surface area (Å²) in [6, 6.07) is 36.0. The molecule has 0 fully saturated rings. The Bertz CT molecular complexity index is 1200. The quantitative estimate of drug-likeness (QED) is 0.299. The van der Waals surface area contributed by atoms with E-state index >= 15 is 0 Å². The van der Waals surface area contributed by atoms with Crippen LogP contribution in [0.4, 0.5) is 11.4 Å². The van der Waals surface area contributed by atoms with Gasteiger partial charge in [-0.1, -0.05) is 95.7 Å². The van der Waals surface area contributed by atoms with Gasteiger partial charge in [0.05, 0.1) is 0 Å². The summed E-state index contributed by atoms with van der Waals surface area (Å²) in [6.07, 6.45) is 0. The van der Waals surface area contributed by atoms with Gasteiger partial charge in [-0.05, 0) is 46.8 Å². The molecular weight excluding hydrogens is 392 g/mol. The van der Waals surface area contributed by atoms with Crippen molar-refractivity contribution in [1.29, 1.82) is 0 Å². The SMILES string of the molecule is Nc1cccc(C#C[Si](C#Cc2cccc(N)c2)(c2ccccc2)c2ccccc2)c1. The van der Waals surface area contributed by atoms with Crippen LogP contribution in [-0.4, -0.2) is 8.07 Å². The lowest BCUT2D eigenvalue weighted by molar-refractivity contribution is 1.63. The lowest BCUT2D eigenvalue weighted by atomic mass is 10.2. The third-order valence-electron chi connectivity index (χ3n) is 4.98. The molecular formula is C28H22N2Si. The summed E-state index contributed by atoms with van der Waals surface area (Å²) in [5.74, 6) is 6.75. The number of nitrogen functional groups attached to an aromatic ring is 2. The Hall–Kier alpha value is -4.18. The van der Waals surface area contributed by atoms with Gasteiger partial charge in [0.1, 0.15) is 0 Å². The number of hydrogen-bond donors (Lipinski definition) is 2. The van der Waals surface area contributed by atoms with E-state index in [2.05, 4.69) is 47.2 Å². The minimum atomic E-state index is -2.75. The van der Waals surface area contributed by atoms with Crippen LogP contribution in [0.25, 0.3) is 0 Å². The lowest BCUT2D eigenvalue weighted by Crippen LogP contribution is -2.57. The predicted molar refractivity (Wildman–Crippen MR) is 133 cm³/mol. The second-order valence-corrected chi connectivity index (χ2v) is 10.4. The predicted octanol–water partition coefficient (Wildman–Crippen LogP) is 3.60. The zero-order chi connectivity index (χ0) is 21.5. The van der Waals surface area contributed by atoms with Gasteiger partial charge in [-0.2, -0.15) is 0 Å². The van der Waals surface area contributed by atoms with Gasteiger partial charge in [-0.25, -0.2) is 0 Å². The summed E-state index contributed by atoms with van der Waals surface area (Å²) < 4.78 is 0. The monoisotopic (exact) mass is 414 g/mol. The maximum absolute atomic E-state index is 5.97. The van der Waals surface area contributed by atoms with Crippen LogP contribution in [-0.2, 0) is 0 Å². The molecule has 0 aromatic heterocycles. The van der Waals surface area contributed by atoms with Crippen LogP contribution < -0.4 is 21.8 Å². The first-order valence-electron chi connectivity index (χ1n) is 10.0. The van der Waals surface area contributed by atoms with Crippen LogP contribution in [0.15, 0.2) is 109 Å². The Kier molecular flexibility index (Phi) is 5.90. The maximum Gasteiger partial charge on any atom is 0.276 e. The highest BCUT2D eigenvalue weighted by Gasteiger charge is 2.34. The Balaban J connectivity index is 1.96. The van der Waals surface area contributed by atoms with Gasteiger partial charge in [0, 0.05) is 22.5 Å². The molecule has 0 saturated carbocycles. The molecule has 148 valence electrons. The fourth-order valence-corrected chi connectivity index (χ4v) is 6.45. The number of benzene rings is 4. The number of anilines is 2. The average Bonchev–Trinajstić information content (AvgIpc) is 2.81. The topological polar surface area (TPSA) is 52.0 Å². The summed E-state index contributed by atoms with van der Waals surface area (Å²) in [6.45, 7) is 0. The highest BCUT2D eigenvalue weighted by atomic mass is 28.3. The van der Waals surface area contributed by atoms with E-state index in [1.165, 1.54) is 0 Å². The molecule has 0 heterocycles. The lowest BCUT2D eigenvalue weighted by Gasteiger charge is -2.21. The van der Waals surface area contributed by atoms with Crippen LogP contribution >= 0.6 is 0 Å². The first kappa shape index (κ1) is 20.1. The van der Waals surface area contributed by atoms with E-state index in [0.717, 1.165) is 21.5 Å². The largest absolute Gasteiger partial charge is 0.399 e. The summed E-state index contributed by atoms with van der Waals surface area (Å²) >= 11 is 0. The van der Waals surface area contributed by atoms with E-state index < -0.39 is 8.07 Å². The van der Waals surface area contributed by atoms with E-state index in [1.807, 2.05) is 84.9 Å². The molecule has 4 N–H and O–H groups in total. The molecule has 4 aromatic rings. The van der Waals surface area contributed by atoms with Crippen molar-refractivity contribution in [3.63, 3.8) is 0 Å². The standard InChI is InChI=1S/C28H22N2Si/c29-25-11-7-9-23(21-25)17-19-31(27-13-3-1-4-14-27,28-15-5-2-6-16-28)20-18-24-10-8-12-26(30)22-24/h1-16,21-22H,29-30H2. The van der Waals surface area contributed by atoms with E-state index in [4.69, 9.17) is 11.5 Å². The van der Waals surface area contributed by atoms with Gasteiger partial charge in [0.15, 0.2) is 0 Å². The molecule has 4 aromatic carbocycles. The molecule has 31 heavy (non-hydrogen) atoms. The van der Waals surface area contributed by atoms with Gasteiger partial charge in [0.25, 0.3) is 8.07 Å². The molecule has 0 aliphatic carbocycles. The summed E-state index contributed by atoms with van der Waals surface area (Å²) in [5.41, 5.74) is 22.4. The second kappa shape index (κ2) is 9.09. The number of hydrogen-bond acceptors (Lipinski definition) is 2. The zero-order valence-corrected chi connectivity index (χ0v) is 18.0. The molecule has 0 saturated heterocycles. The Morgan fingerprint density at radius 1 is 0.484 bits per heavy atom. The molecule has 4 rings (SSSR count). The van der Waals surface area contributed by atoms with Gasteiger partial charge in [-0.3, -0.25) is 0 Å². The Morgan fingerprint density at radius 2 is 0.903 bits per heavy atom. The van der Waals surface area contributed by atoms with Crippen molar-refractivity contribution in [2.75, 3.05) is 11.5 Å². The minimum Gasteiger partial charge on any atom is -0.399 e. The smallest absolute Gasteiger partial charge is 0.276 e. The fraction of sp³-hybridized carbons (Fsp3) is 0. The molecule has 0 radical (unpaired) electrons. The average molecular weight is 415 g/mol. The van der Waals surface area contributed by atoms with Crippen molar-refractivity contribution < 1.29 is 0 Å². The van der Waals surface area contributed by atoms with Gasteiger partial charge >= 0.3 is 0 Å². The van der Waals surface area contributed by atoms with Crippen molar-refractivity contribution in [3.8, 4) is 22.9 Å². The first-order valence-corrected chi connectivity index (χ1v) is 12.0. The normalized spacial score (nSPS) is 10.3. The first-order chi connectivity index (χ1) is 15.2. The maximum atomic E-state index is 5.97. The van der Waals surface area contributed by atoms with Gasteiger partial charge in [0.2, 0.25) is 0 Å². The van der Waals surface area contributed by atoms with Crippen molar-refractivity contribution in [2.24, 2.45) is 0 Å². The van der Waals surface area contributed by atoms with Crippen molar-refractivity contribution in [2.45, 2.75) is 0 Å². The van der Waals surface area contributed by atoms with Crippen LogP contribution in [0.5, 0.6) is 0 Å². The molecule has 3 heteroatoms. The zero-order valence-electron chi connectivity index (χ0n) is 17.0. The molecule has 0 aliphatic rings. The molecule has 0 unspecified atom stereocenters. The summed E-state index contributed by atoms with van der Waals surface area (Å²) in [7, 11) is -2.75. The second-order valence-electron chi connectivity index (χ2n) is 7.23. The van der Waals surface area contributed by atoms with E-state index in [0.29, 0.717) is 11.4 Å². The van der Waals surface area contributed by atoms with Crippen molar-refractivity contribution in [3.05, 3.63) is 120 Å². The summed E-state index contributed by atoms with van der Waals surface area (Å²) in [4.78, 5) is 0. The Morgan fingerprint density at radius 3 is 1.29 bits per heavy atom. The van der Waals surface area contributed by atoms with Crippen molar-refractivity contribution >= 4 is 29.8 Å². The Labute approximate surface area is 184 Å². The van der Waals surface area contributed by atoms with Crippen LogP contribution in [0.1, 0.15) is 11.1 Å².